The highest BCUT2D eigenvalue weighted by atomic mass is 16.1. The second kappa shape index (κ2) is 7.28. The molecule has 0 fully saturated rings. The fraction of sp³-hybridized carbons (Fsp3) is 0.400. The molecule has 0 unspecified atom stereocenters. The molecule has 1 amide bonds. The molecule has 3 heteroatoms. The van der Waals surface area contributed by atoms with E-state index < -0.39 is 0 Å². The molecule has 0 bridgehead atoms. The molecule has 0 aromatic heterocycles. The summed E-state index contributed by atoms with van der Waals surface area (Å²) < 4.78 is 0. The maximum absolute atomic E-state index is 11.1. The van der Waals surface area contributed by atoms with Gasteiger partial charge in [0.25, 0.3) is 0 Å². The molecular weight excluding hydrogens is 164 g/mol. The zero-order valence-corrected chi connectivity index (χ0v) is 8.21. The lowest BCUT2D eigenvalue weighted by atomic mass is 10.3. The molecule has 0 heterocycles. The van der Waals surface area contributed by atoms with Gasteiger partial charge in [-0.05, 0) is 19.4 Å². The van der Waals surface area contributed by atoms with E-state index in [-0.39, 0.29) is 5.91 Å². The van der Waals surface area contributed by atoms with Crippen LogP contribution in [-0.2, 0) is 4.79 Å². The minimum atomic E-state index is -0.0128. The summed E-state index contributed by atoms with van der Waals surface area (Å²) in [5.74, 6) is 0.525. The van der Waals surface area contributed by atoms with Crippen molar-refractivity contribution in [3.63, 3.8) is 0 Å². The van der Waals surface area contributed by atoms with E-state index in [0.717, 1.165) is 6.42 Å². The SMILES string of the molecule is C=CN=C(/C=C\C)NC(=O)CCC. The van der Waals surface area contributed by atoms with Crippen LogP contribution in [0.2, 0.25) is 0 Å². The number of amides is 1. The van der Waals surface area contributed by atoms with Crippen LogP contribution in [0.5, 0.6) is 0 Å². The van der Waals surface area contributed by atoms with Gasteiger partial charge in [-0.3, -0.25) is 4.79 Å². The van der Waals surface area contributed by atoms with Crippen molar-refractivity contribution in [3.05, 3.63) is 24.9 Å². The van der Waals surface area contributed by atoms with Gasteiger partial charge in [0.15, 0.2) is 0 Å². The van der Waals surface area contributed by atoms with Crippen LogP contribution in [0.3, 0.4) is 0 Å². The van der Waals surface area contributed by atoms with E-state index in [9.17, 15) is 4.79 Å². The highest BCUT2D eigenvalue weighted by molar-refractivity contribution is 6.04. The van der Waals surface area contributed by atoms with E-state index in [1.807, 2.05) is 19.9 Å². The fourth-order valence-electron chi connectivity index (χ4n) is 0.806. The summed E-state index contributed by atoms with van der Waals surface area (Å²) in [7, 11) is 0. The van der Waals surface area contributed by atoms with Crippen LogP contribution < -0.4 is 5.32 Å². The largest absolute Gasteiger partial charge is 0.311 e. The van der Waals surface area contributed by atoms with Crippen LogP contribution in [0.4, 0.5) is 0 Å². The predicted molar refractivity (Wildman–Crippen MR) is 55.5 cm³/mol. The summed E-state index contributed by atoms with van der Waals surface area (Å²) in [6.07, 6.45) is 6.31. The first-order valence-corrected chi connectivity index (χ1v) is 4.35. The molecule has 0 rings (SSSR count). The lowest BCUT2D eigenvalue weighted by molar-refractivity contribution is -0.119. The smallest absolute Gasteiger partial charge is 0.225 e. The van der Waals surface area contributed by atoms with E-state index in [1.54, 1.807) is 6.08 Å². The zero-order valence-electron chi connectivity index (χ0n) is 8.21. The molecule has 0 aliphatic heterocycles. The van der Waals surface area contributed by atoms with Gasteiger partial charge in [0.1, 0.15) is 5.84 Å². The van der Waals surface area contributed by atoms with Crippen molar-refractivity contribution in [3.8, 4) is 0 Å². The Balaban J connectivity index is 4.18. The Morgan fingerprint density at radius 1 is 1.62 bits per heavy atom. The minimum Gasteiger partial charge on any atom is -0.311 e. The van der Waals surface area contributed by atoms with Gasteiger partial charge in [-0.1, -0.05) is 19.6 Å². The first-order valence-electron chi connectivity index (χ1n) is 4.35. The van der Waals surface area contributed by atoms with Crippen molar-refractivity contribution in [1.29, 1.82) is 0 Å². The van der Waals surface area contributed by atoms with E-state index >= 15 is 0 Å². The highest BCUT2D eigenvalue weighted by Gasteiger charge is 2.00. The third-order valence-corrected chi connectivity index (χ3v) is 1.30. The first-order chi connectivity index (χ1) is 6.24. The summed E-state index contributed by atoms with van der Waals surface area (Å²) in [4.78, 5) is 15.0. The van der Waals surface area contributed by atoms with Gasteiger partial charge < -0.3 is 5.32 Å². The monoisotopic (exact) mass is 180 g/mol. The minimum absolute atomic E-state index is 0.0128. The van der Waals surface area contributed by atoms with Crippen LogP contribution in [0, 0.1) is 0 Å². The summed E-state index contributed by atoms with van der Waals surface area (Å²) in [6.45, 7) is 7.29. The maximum atomic E-state index is 11.1. The quantitative estimate of drug-likeness (QED) is 0.522. The molecule has 0 aromatic carbocycles. The second-order valence-electron chi connectivity index (χ2n) is 2.50. The molecule has 0 saturated heterocycles. The van der Waals surface area contributed by atoms with Crippen LogP contribution in [0.1, 0.15) is 26.7 Å². The number of carbonyl (C=O) groups is 1. The van der Waals surface area contributed by atoms with Gasteiger partial charge in [0.2, 0.25) is 5.91 Å². The molecular formula is C10H16N2O. The van der Waals surface area contributed by atoms with Crippen molar-refractivity contribution >= 4 is 11.7 Å². The van der Waals surface area contributed by atoms with Gasteiger partial charge in [-0.25, -0.2) is 4.99 Å². The van der Waals surface area contributed by atoms with E-state index in [4.69, 9.17) is 0 Å². The number of amidine groups is 1. The summed E-state index contributed by atoms with van der Waals surface area (Å²) >= 11 is 0. The van der Waals surface area contributed by atoms with Crippen molar-refractivity contribution in [2.24, 2.45) is 4.99 Å². The van der Waals surface area contributed by atoms with Crippen LogP contribution >= 0.6 is 0 Å². The van der Waals surface area contributed by atoms with Gasteiger partial charge in [-0.15, -0.1) is 0 Å². The second-order valence-corrected chi connectivity index (χ2v) is 2.50. The Morgan fingerprint density at radius 2 is 2.31 bits per heavy atom. The Hall–Kier alpha value is -1.38. The van der Waals surface area contributed by atoms with Crippen molar-refractivity contribution in [1.82, 2.24) is 5.32 Å². The van der Waals surface area contributed by atoms with Crippen LogP contribution in [0.15, 0.2) is 29.9 Å². The number of hydrogen-bond donors (Lipinski definition) is 1. The maximum Gasteiger partial charge on any atom is 0.225 e. The topological polar surface area (TPSA) is 41.5 Å². The molecule has 13 heavy (non-hydrogen) atoms. The van der Waals surface area contributed by atoms with Gasteiger partial charge in [0, 0.05) is 12.6 Å². The molecule has 3 nitrogen and oxygen atoms in total. The highest BCUT2D eigenvalue weighted by Crippen LogP contribution is 1.87. The van der Waals surface area contributed by atoms with Gasteiger partial charge in [-0.2, -0.15) is 0 Å². The zero-order chi connectivity index (χ0) is 10.1. The predicted octanol–water partition coefficient (Wildman–Crippen LogP) is 2.02. The molecule has 0 atom stereocenters. The van der Waals surface area contributed by atoms with Crippen molar-refractivity contribution in [2.45, 2.75) is 26.7 Å². The summed E-state index contributed by atoms with van der Waals surface area (Å²) in [5.41, 5.74) is 0. The average Bonchev–Trinajstić information content (AvgIpc) is 2.05. The molecule has 0 aromatic rings. The van der Waals surface area contributed by atoms with Crippen molar-refractivity contribution in [2.75, 3.05) is 0 Å². The first kappa shape index (κ1) is 11.6. The number of aliphatic imine (C=N–C) groups is 1. The Labute approximate surface area is 79.3 Å². The number of nitrogens with one attached hydrogen (secondary N) is 1. The van der Waals surface area contributed by atoms with Crippen molar-refractivity contribution < 1.29 is 4.79 Å². The van der Waals surface area contributed by atoms with E-state index in [0.29, 0.717) is 12.3 Å². The molecule has 0 spiro atoms. The standard InChI is InChI=1S/C10H16N2O/c1-4-7-9(11-6-3)12-10(13)8-5-2/h4,6-7H,3,5,8H2,1-2H3,(H,11,12,13)/b7-4-. The number of hydrogen-bond acceptors (Lipinski definition) is 2. The van der Waals surface area contributed by atoms with E-state index in [2.05, 4.69) is 16.9 Å². The Bertz CT molecular complexity index is 229. The molecule has 0 aliphatic carbocycles. The molecule has 0 radical (unpaired) electrons. The Kier molecular flexibility index (Phi) is 6.51. The van der Waals surface area contributed by atoms with Gasteiger partial charge >= 0.3 is 0 Å². The number of rotatable bonds is 4. The fourth-order valence-corrected chi connectivity index (χ4v) is 0.806. The average molecular weight is 180 g/mol. The lowest BCUT2D eigenvalue weighted by Gasteiger charge is -2.02. The molecule has 0 aliphatic rings. The third-order valence-electron chi connectivity index (χ3n) is 1.30. The Morgan fingerprint density at radius 3 is 2.77 bits per heavy atom. The van der Waals surface area contributed by atoms with Crippen LogP contribution in [0.25, 0.3) is 0 Å². The lowest BCUT2D eigenvalue weighted by Crippen LogP contribution is -2.28. The summed E-state index contributed by atoms with van der Waals surface area (Å²) in [5, 5.41) is 2.67. The van der Waals surface area contributed by atoms with Crippen LogP contribution in [-0.4, -0.2) is 11.7 Å². The molecule has 0 saturated carbocycles. The molecule has 72 valence electrons. The number of allylic oxidation sites excluding steroid dienone is 1. The number of nitrogens with zero attached hydrogens (tertiary/aromatic N) is 1. The third kappa shape index (κ3) is 5.84. The summed E-state index contributed by atoms with van der Waals surface area (Å²) in [6, 6.07) is 0. The van der Waals surface area contributed by atoms with E-state index in [1.165, 1.54) is 6.20 Å². The number of carbonyl (C=O) groups excluding carboxylic acids is 1. The van der Waals surface area contributed by atoms with Gasteiger partial charge in [0.05, 0.1) is 0 Å². The molecule has 1 N–H and O–H groups in total. The normalized spacial score (nSPS) is 11.7.